The lowest BCUT2D eigenvalue weighted by Gasteiger charge is -2.10. The van der Waals surface area contributed by atoms with Gasteiger partial charge in [-0.05, 0) is 42.0 Å². The molecule has 148 valence electrons. The zero-order valence-electron chi connectivity index (χ0n) is 14.7. The largest absolute Gasteiger partial charge is 0.416 e. The number of amides is 1. The van der Waals surface area contributed by atoms with Crippen LogP contribution in [-0.4, -0.2) is 10.5 Å². The number of benzene rings is 3. The van der Waals surface area contributed by atoms with Gasteiger partial charge in [-0.3, -0.25) is 4.79 Å². The molecular formula is C21H13F5N2O. The van der Waals surface area contributed by atoms with Crippen molar-refractivity contribution in [3.8, 4) is 0 Å². The molecule has 1 aromatic heterocycles. The molecule has 0 bridgehead atoms. The van der Waals surface area contributed by atoms with Gasteiger partial charge in [0.15, 0.2) is 11.6 Å². The lowest BCUT2D eigenvalue weighted by atomic mass is 10.0. The molecule has 3 nitrogen and oxygen atoms in total. The molecule has 3 aromatic carbocycles. The molecule has 4 rings (SSSR count). The van der Waals surface area contributed by atoms with Crippen molar-refractivity contribution in [1.82, 2.24) is 4.57 Å². The van der Waals surface area contributed by atoms with Crippen LogP contribution in [-0.2, 0) is 12.7 Å². The normalized spacial score (nSPS) is 12.0. The third kappa shape index (κ3) is 3.20. The van der Waals surface area contributed by atoms with E-state index in [0.717, 1.165) is 24.3 Å². The van der Waals surface area contributed by atoms with Gasteiger partial charge in [0.1, 0.15) is 0 Å². The average molecular weight is 404 g/mol. The zero-order chi connectivity index (χ0) is 20.9. The first-order valence-corrected chi connectivity index (χ1v) is 8.52. The van der Waals surface area contributed by atoms with E-state index in [4.69, 9.17) is 5.73 Å². The Hall–Kier alpha value is -3.42. The van der Waals surface area contributed by atoms with Gasteiger partial charge in [-0.15, -0.1) is 0 Å². The number of rotatable bonds is 3. The van der Waals surface area contributed by atoms with Gasteiger partial charge in [0.05, 0.1) is 16.6 Å². The lowest BCUT2D eigenvalue weighted by Crippen LogP contribution is -2.11. The number of primary amides is 1. The smallest absolute Gasteiger partial charge is 0.366 e. The number of carbonyl (C=O) groups excluding carboxylic acids is 1. The van der Waals surface area contributed by atoms with Crippen LogP contribution in [0.25, 0.3) is 21.8 Å². The summed E-state index contributed by atoms with van der Waals surface area (Å²) in [6.45, 7) is -0.0271. The first kappa shape index (κ1) is 18.9. The van der Waals surface area contributed by atoms with Crippen molar-refractivity contribution in [2.24, 2.45) is 5.73 Å². The molecule has 29 heavy (non-hydrogen) atoms. The molecule has 0 aliphatic heterocycles. The highest BCUT2D eigenvalue weighted by Crippen LogP contribution is 2.37. The molecule has 0 saturated heterocycles. The molecular weight excluding hydrogens is 391 g/mol. The van der Waals surface area contributed by atoms with Crippen molar-refractivity contribution in [1.29, 1.82) is 0 Å². The molecule has 0 spiro atoms. The van der Waals surface area contributed by atoms with Crippen molar-refractivity contribution in [2.75, 3.05) is 0 Å². The number of hydrogen-bond acceptors (Lipinski definition) is 1. The van der Waals surface area contributed by atoms with E-state index in [9.17, 15) is 26.7 Å². The van der Waals surface area contributed by atoms with Crippen LogP contribution < -0.4 is 5.73 Å². The van der Waals surface area contributed by atoms with E-state index >= 15 is 0 Å². The first-order chi connectivity index (χ1) is 13.7. The topological polar surface area (TPSA) is 48.0 Å². The van der Waals surface area contributed by atoms with Crippen LogP contribution in [0.3, 0.4) is 0 Å². The Kier molecular flexibility index (Phi) is 4.29. The van der Waals surface area contributed by atoms with E-state index in [2.05, 4.69) is 0 Å². The molecule has 0 fully saturated rings. The third-order valence-corrected chi connectivity index (χ3v) is 4.81. The van der Waals surface area contributed by atoms with Crippen LogP contribution in [0.4, 0.5) is 22.0 Å². The zero-order valence-corrected chi connectivity index (χ0v) is 14.7. The fourth-order valence-corrected chi connectivity index (χ4v) is 3.52. The minimum absolute atomic E-state index is 0.0271. The number of halogens is 5. The van der Waals surface area contributed by atoms with Gasteiger partial charge in [-0.2, -0.15) is 13.2 Å². The second-order valence-corrected chi connectivity index (χ2v) is 6.63. The Morgan fingerprint density at radius 1 is 0.931 bits per heavy atom. The van der Waals surface area contributed by atoms with Gasteiger partial charge in [-0.25, -0.2) is 8.78 Å². The SMILES string of the molecule is NC(=O)c1cccc2c1c1ccc(C(F)(F)F)cc1n2Cc1ccc(F)c(F)c1. The van der Waals surface area contributed by atoms with Gasteiger partial charge in [0.2, 0.25) is 5.91 Å². The second-order valence-electron chi connectivity index (χ2n) is 6.63. The molecule has 0 atom stereocenters. The van der Waals surface area contributed by atoms with Crippen molar-refractivity contribution in [3.05, 3.63) is 82.9 Å². The molecule has 0 aliphatic carbocycles. The van der Waals surface area contributed by atoms with Gasteiger partial charge in [0.25, 0.3) is 0 Å². The molecule has 0 aliphatic rings. The molecule has 1 heterocycles. The standard InChI is InChI=1S/C21H13F5N2O/c22-15-7-4-11(8-16(15)23)10-28-17-3-1-2-14(20(27)29)19(17)13-6-5-12(9-18(13)28)21(24,25)26/h1-9H,10H2,(H2,27,29). The predicted molar refractivity (Wildman–Crippen MR) is 98.4 cm³/mol. The average Bonchev–Trinajstić information content (AvgIpc) is 2.97. The van der Waals surface area contributed by atoms with Crippen LogP contribution >= 0.6 is 0 Å². The number of hydrogen-bond donors (Lipinski definition) is 1. The Morgan fingerprint density at radius 2 is 1.69 bits per heavy atom. The minimum atomic E-state index is -4.57. The summed E-state index contributed by atoms with van der Waals surface area (Å²) in [4.78, 5) is 11.9. The second kappa shape index (κ2) is 6.58. The van der Waals surface area contributed by atoms with E-state index in [1.54, 1.807) is 12.1 Å². The van der Waals surface area contributed by atoms with Gasteiger partial charge in [-0.1, -0.05) is 18.2 Å². The molecule has 4 aromatic rings. The molecule has 2 N–H and O–H groups in total. The van der Waals surface area contributed by atoms with Crippen molar-refractivity contribution in [3.63, 3.8) is 0 Å². The summed E-state index contributed by atoms with van der Waals surface area (Å²) in [6.07, 6.45) is -4.57. The van der Waals surface area contributed by atoms with Crippen LogP contribution in [0.1, 0.15) is 21.5 Å². The number of alkyl halides is 3. The fraction of sp³-hybridized carbons (Fsp3) is 0.0952. The van der Waals surface area contributed by atoms with Crippen molar-refractivity contribution >= 4 is 27.7 Å². The van der Waals surface area contributed by atoms with Crippen LogP contribution in [0, 0.1) is 11.6 Å². The maximum atomic E-state index is 13.6. The van der Waals surface area contributed by atoms with E-state index in [1.165, 1.54) is 22.8 Å². The molecule has 0 saturated carbocycles. The maximum Gasteiger partial charge on any atom is 0.416 e. The molecule has 8 heteroatoms. The number of fused-ring (bicyclic) bond motifs is 3. The Bertz CT molecular complexity index is 1270. The number of nitrogens with zero attached hydrogens (tertiary/aromatic N) is 1. The van der Waals surface area contributed by atoms with E-state index in [1.807, 2.05) is 0 Å². The van der Waals surface area contributed by atoms with Crippen molar-refractivity contribution < 1.29 is 26.7 Å². The third-order valence-electron chi connectivity index (χ3n) is 4.81. The van der Waals surface area contributed by atoms with Crippen LogP contribution in [0.5, 0.6) is 0 Å². The minimum Gasteiger partial charge on any atom is -0.366 e. The monoisotopic (exact) mass is 404 g/mol. The number of nitrogens with two attached hydrogens (primary N) is 1. The van der Waals surface area contributed by atoms with Gasteiger partial charge in [0, 0.05) is 22.9 Å². The van der Waals surface area contributed by atoms with E-state index < -0.39 is 29.3 Å². The summed E-state index contributed by atoms with van der Waals surface area (Å²) < 4.78 is 68.2. The predicted octanol–water partition coefficient (Wildman–Crippen LogP) is 5.24. The highest BCUT2D eigenvalue weighted by molar-refractivity contribution is 6.18. The van der Waals surface area contributed by atoms with Gasteiger partial charge >= 0.3 is 6.18 Å². The Labute approximate surface area is 161 Å². The summed E-state index contributed by atoms with van der Waals surface area (Å²) in [5.41, 5.74) is 5.76. The van der Waals surface area contributed by atoms with Crippen LogP contribution in [0.2, 0.25) is 0 Å². The Balaban J connectivity index is 2.04. The van der Waals surface area contributed by atoms with Crippen molar-refractivity contribution in [2.45, 2.75) is 12.7 Å². The summed E-state index contributed by atoms with van der Waals surface area (Å²) in [6, 6.07) is 11.2. The summed E-state index contributed by atoms with van der Waals surface area (Å²) in [5, 5.41) is 0.816. The van der Waals surface area contributed by atoms with Gasteiger partial charge < -0.3 is 10.3 Å². The maximum absolute atomic E-state index is 13.6. The molecule has 1 amide bonds. The van der Waals surface area contributed by atoms with E-state index in [-0.39, 0.29) is 17.6 Å². The van der Waals surface area contributed by atoms with E-state index in [0.29, 0.717) is 21.9 Å². The lowest BCUT2D eigenvalue weighted by molar-refractivity contribution is -0.137. The fourth-order valence-electron chi connectivity index (χ4n) is 3.52. The van der Waals surface area contributed by atoms with Crippen LogP contribution in [0.15, 0.2) is 54.6 Å². The Morgan fingerprint density at radius 3 is 2.34 bits per heavy atom. The first-order valence-electron chi connectivity index (χ1n) is 8.52. The molecule has 0 unspecified atom stereocenters. The highest BCUT2D eigenvalue weighted by Gasteiger charge is 2.31. The number of aromatic nitrogens is 1. The summed E-state index contributed by atoms with van der Waals surface area (Å²) in [7, 11) is 0. The summed E-state index contributed by atoms with van der Waals surface area (Å²) in [5.74, 6) is -2.80. The highest BCUT2D eigenvalue weighted by atomic mass is 19.4. The number of carbonyl (C=O) groups is 1. The quantitative estimate of drug-likeness (QED) is 0.467. The summed E-state index contributed by atoms with van der Waals surface area (Å²) >= 11 is 0. The molecule has 0 radical (unpaired) electrons.